The Morgan fingerprint density at radius 3 is 2.46 bits per heavy atom. The number of sulfonamides is 1. The fourth-order valence-electron chi connectivity index (χ4n) is 2.79. The van der Waals surface area contributed by atoms with Crippen LogP contribution in [0.4, 0.5) is 0 Å². The van der Waals surface area contributed by atoms with Gasteiger partial charge in [-0.25, -0.2) is 8.42 Å². The molecule has 0 unspecified atom stereocenters. The van der Waals surface area contributed by atoms with Crippen LogP contribution in [0.3, 0.4) is 0 Å². The number of amides is 1. The Bertz CT molecular complexity index is 923. The number of aromatic nitrogens is 2. The van der Waals surface area contributed by atoms with E-state index in [9.17, 15) is 13.2 Å². The molecule has 1 aromatic heterocycles. The Balaban J connectivity index is 1.51. The van der Waals surface area contributed by atoms with E-state index in [2.05, 4.69) is 15.0 Å². The summed E-state index contributed by atoms with van der Waals surface area (Å²) in [5, 5.41) is 4.64. The maximum Gasteiger partial charge on any atom is 0.241 e. The molecule has 2 aromatic rings. The van der Waals surface area contributed by atoms with Gasteiger partial charge in [-0.2, -0.15) is 9.29 Å². The Morgan fingerprint density at radius 1 is 1.21 bits per heavy atom. The minimum atomic E-state index is -3.37. The van der Waals surface area contributed by atoms with Crippen LogP contribution in [0.1, 0.15) is 5.89 Å². The van der Waals surface area contributed by atoms with Crippen LogP contribution in [0, 0.1) is 0 Å². The molecule has 152 valence electrons. The molecular weight excluding hydrogens is 406 g/mol. The van der Waals surface area contributed by atoms with Crippen LogP contribution in [-0.4, -0.2) is 84.6 Å². The van der Waals surface area contributed by atoms with Gasteiger partial charge in [0.05, 0.1) is 19.3 Å². The largest absolute Gasteiger partial charge is 0.339 e. The lowest BCUT2D eigenvalue weighted by atomic mass is 10.2. The van der Waals surface area contributed by atoms with Crippen LogP contribution in [0.2, 0.25) is 5.02 Å². The molecule has 11 heteroatoms. The van der Waals surface area contributed by atoms with E-state index in [0.29, 0.717) is 49.5 Å². The van der Waals surface area contributed by atoms with Gasteiger partial charge in [-0.1, -0.05) is 16.8 Å². The van der Waals surface area contributed by atoms with Gasteiger partial charge in [0.2, 0.25) is 27.6 Å². The zero-order valence-corrected chi connectivity index (χ0v) is 17.3. The van der Waals surface area contributed by atoms with Crippen LogP contribution in [0.5, 0.6) is 0 Å². The number of hydrogen-bond acceptors (Lipinski definition) is 7. The minimum Gasteiger partial charge on any atom is -0.339 e. The first-order valence-corrected chi connectivity index (χ1v) is 10.9. The van der Waals surface area contributed by atoms with E-state index in [4.69, 9.17) is 16.1 Å². The van der Waals surface area contributed by atoms with Crippen molar-refractivity contribution in [3.8, 4) is 11.4 Å². The highest BCUT2D eigenvalue weighted by molar-refractivity contribution is 7.88. The molecule has 1 aliphatic rings. The summed E-state index contributed by atoms with van der Waals surface area (Å²) in [5.74, 6) is 0.807. The molecule has 0 aliphatic carbocycles. The summed E-state index contributed by atoms with van der Waals surface area (Å²) in [7, 11) is -1.97. The molecule has 9 nitrogen and oxygen atoms in total. The highest BCUT2D eigenvalue weighted by Gasteiger charge is 2.25. The van der Waals surface area contributed by atoms with E-state index >= 15 is 0 Å². The van der Waals surface area contributed by atoms with Gasteiger partial charge in [0.15, 0.2) is 0 Å². The number of likely N-dealkylation sites (N-methyl/N-ethyl adjacent to an activating group) is 1. The molecule has 1 amide bonds. The first-order chi connectivity index (χ1) is 13.2. The van der Waals surface area contributed by atoms with Crippen molar-refractivity contribution in [3.63, 3.8) is 0 Å². The second-order valence-corrected chi connectivity index (χ2v) is 9.22. The van der Waals surface area contributed by atoms with E-state index in [0.717, 1.165) is 16.1 Å². The molecule has 0 atom stereocenters. The van der Waals surface area contributed by atoms with Crippen molar-refractivity contribution >= 4 is 27.5 Å². The van der Waals surface area contributed by atoms with Gasteiger partial charge in [0.25, 0.3) is 0 Å². The van der Waals surface area contributed by atoms with Gasteiger partial charge in [-0.15, -0.1) is 0 Å². The molecule has 1 aromatic carbocycles. The summed E-state index contributed by atoms with van der Waals surface area (Å²) >= 11 is 5.89. The predicted octanol–water partition coefficient (Wildman–Crippen LogP) is 0.926. The van der Waals surface area contributed by atoms with E-state index < -0.39 is 10.0 Å². The number of halogens is 1. The van der Waals surface area contributed by atoms with Crippen molar-refractivity contribution in [2.75, 3.05) is 46.0 Å². The van der Waals surface area contributed by atoms with Crippen LogP contribution in [-0.2, 0) is 21.4 Å². The smallest absolute Gasteiger partial charge is 0.241 e. The number of benzene rings is 1. The Hall–Kier alpha value is -2.01. The number of carbonyl (C=O) groups is 1. The molecule has 0 N–H and O–H groups in total. The van der Waals surface area contributed by atoms with Gasteiger partial charge in [-0.3, -0.25) is 9.69 Å². The minimum absolute atomic E-state index is 0.146. The Kier molecular flexibility index (Phi) is 6.33. The molecule has 3 rings (SSSR count). The van der Waals surface area contributed by atoms with Crippen molar-refractivity contribution in [1.82, 2.24) is 24.2 Å². The summed E-state index contributed by atoms with van der Waals surface area (Å²) in [6.07, 6.45) is 1.08. The quantitative estimate of drug-likeness (QED) is 0.675. The van der Waals surface area contributed by atoms with Gasteiger partial charge in [0, 0.05) is 43.8 Å². The summed E-state index contributed by atoms with van der Waals surface area (Å²) in [6, 6.07) is 7.19. The second kappa shape index (κ2) is 8.56. The lowest BCUT2D eigenvalue weighted by Crippen LogP contribution is -2.51. The molecule has 0 spiro atoms. The highest BCUT2D eigenvalue weighted by atomic mass is 35.5. The first kappa shape index (κ1) is 20.7. The standard InChI is InChI=1S/C17H22ClN5O4S/c1-21(28(2,25)26)12-16(24)23-9-7-22(8-10-23)11-15-19-17(20-27-15)13-3-5-14(18)6-4-13/h3-6H,7-12H2,1-2H3. The summed E-state index contributed by atoms with van der Waals surface area (Å²) < 4.78 is 29.3. The third-order valence-corrected chi connectivity index (χ3v) is 6.09. The van der Waals surface area contributed by atoms with Crippen LogP contribution in [0.25, 0.3) is 11.4 Å². The zero-order chi connectivity index (χ0) is 20.3. The summed E-state index contributed by atoms with van der Waals surface area (Å²) in [6.45, 7) is 2.68. The van der Waals surface area contributed by atoms with Gasteiger partial charge in [-0.05, 0) is 24.3 Å². The number of rotatable bonds is 6. The number of carbonyl (C=O) groups excluding carboxylic acids is 1. The van der Waals surface area contributed by atoms with Crippen LogP contribution >= 0.6 is 11.6 Å². The van der Waals surface area contributed by atoms with Crippen molar-refractivity contribution < 1.29 is 17.7 Å². The lowest BCUT2D eigenvalue weighted by molar-refractivity contribution is -0.133. The fraction of sp³-hybridized carbons (Fsp3) is 0.471. The van der Waals surface area contributed by atoms with Gasteiger partial charge >= 0.3 is 0 Å². The van der Waals surface area contributed by atoms with Gasteiger partial charge < -0.3 is 9.42 Å². The molecule has 1 saturated heterocycles. The monoisotopic (exact) mass is 427 g/mol. The predicted molar refractivity (Wildman–Crippen MR) is 104 cm³/mol. The average Bonchev–Trinajstić information content (AvgIpc) is 3.10. The maximum absolute atomic E-state index is 12.3. The number of hydrogen-bond donors (Lipinski definition) is 0. The van der Waals surface area contributed by atoms with E-state index in [1.165, 1.54) is 7.05 Å². The second-order valence-electron chi connectivity index (χ2n) is 6.69. The van der Waals surface area contributed by atoms with Crippen molar-refractivity contribution in [2.24, 2.45) is 0 Å². The molecule has 0 radical (unpaired) electrons. The van der Waals surface area contributed by atoms with Crippen LogP contribution < -0.4 is 0 Å². The topological polar surface area (TPSA) is 99.8 Å². The SMILES string of the molecule is CN(CC(=O)N1CCN(Cc2nc(-c3ccc(Cl)cc3)no2)CC1)S(C)(=O)=O. The van der Waals surface area contributed by atoms with E-state index in [1.807, 2.05) is 12.1 Å². The molecule has 0 saturated carbocycles. The summed E-state index contributed by atoms with van der Waals surface area (Å²) in [5.41, 5.74) is 0.824. The van der Waals surface area contributed by atoms with Crippen molar-refractivity contribution in [1.29, 1.82) is 0 Å². The number of piperazine rings is 1. The lowest BCUT2D eigenvalue weighted by Gasteiger charge is -2.34. The Morgan fingerprint density at radius 2 is 1.86 bits per heavy atom. The van der Waals surface area contributed by atoms with Gasteiger partial charge in [0.1, 0.15) is 0 Å². The highest BCUT2D eigenvalue weighted by Crippen LogP contribution is 2.19. The maximum atomic E-state index is 12.3. The normalized spacial score (nSPS) is 15.9. The van der Waals surface area contributed by atoms with Crippen molar-refractivity contribution in [2.45, 2.75) is 6.54 Å². The molecule has 28 heavy (non-hydrogen) atoms. The molecule has 1 aliphatic heterocycles. The molecule has 0 bridgehead atoms. The molecule has 2 heterocycles. The fourth-order valence-corrected chi connectivity index (χ4v) is 3.26. The molecular formula is C17H22ClN5O4S. The van der Waals surface area contributed by atoms with Crippen LogP contribution in [0.15, 0.2) is 28.8 Å². The van der Waals surface area contributed by atoms with E-state index in [1.54, 1.807) is 17.0 Å². The number of nitrogens with zero attached hydrogens (tertiary/aromatic N) is 5. The zero-order valence-electron chi connectivity index (χ0n) is 15.7. The molecule has 1 fully saturated rings. The van der Waals surface area contributed by atoms with E-state index in [-0.39, 0.29) is 12.5 Å². The third kappa shape index (κ3) is 5.28. The average molecular weight is 428 g/mol. The van der Waals surface area contributed by atoms with Crippen molar-refractivity contribution in [3.05, 3.63) is 35.2 Å². The first-order valence-electron chi connectivity index (χ1n) is 8.72. The Labute approximate surface area is 168 Å². The summed E-state index contributed by atoms with van der Waals surface area (Å²) in [4.78, 5) is 20.4. The third-order valence-electron chi connectivity index (χ3n) is 4.58.